The molecule has 6 nitrogen and oxygen atoms in total. The van der Waals surface area contributed by atoms with Crippen LogP contribution < -0.4 is 4.90 Å². The number of carbonyl (C=O) groups is 1. The highest BCUT2D eigenvalue weighted by Gasteiger charge is 2.25. The van der Waals surface area contributed by atoms with Crippen LogP contribution in [0.2, 0.25) is 0 Å². The second-order valence-corrected chi connectivity index (χ2v) is 8.60. The van der Waals surface area contributed by atoms with Crippen molar-refractivity contribution in [3.05, 3.63) is 71.4 Å². The first-order valence-corrected chi connectivity index (χ1v) is 10.9. The molecule has 1 aliphatic heterocycles. The lowest BCUT2D eigenvalue weighted by atomic mass is 10.2. The van der Waals surface area contributed by atoms with Crippen molar-refractivity contribution in [2.75, 3.05) is 31.1 Å². The van der Waals surface area contributed by atoms with Gasteiger partial charge in [-0.05, 0) is 38.1 Å². The van der Waals surface area contributed by atoms with E-state index in [0.717, 1.165) is 45.5 Å². The van der Waals surface area contributed by atoms with Crippen LogP contribution in [-0.2, 0) is 0 Å². The number of amides is 1. The number of aryl methyl sites for hydroxylation is 2. The molecule has 0 saturated carbocycles. The van der Waals surface area contributed by atoms with Crippen LogP contribution in [0.4, 0.5) is 5.13 Å². The van der Waals surface area contributed by atoms with E-state index in [-0.39, 0.29) is 5.91 Å². The van der Waals surface area contributed by atoms with Crippen LogP contribution in [0, 0.1) is 13.8 Å². The Hall–Kier alpha value is -3.19. The van der Waals surface area contributed by atoms with Gasteiger partial charge < -0.3 is 9.80 Å². The summed E-state index contributed by atoms with van der Waals surface area (Å²) in [5, 5.41) is 5.70. The maximum atomic E-state index is 12.7. The number of thiazole rings is 1. The summed E-state index contributed by atoms with van der Waals surface area (Å²) < 4.78 is 3.05. The molecular weight excluding hydrogens is 394 g/mol. The maximum absolute atomic E-state index is 12.7. The summed E-state index contributed by atoms with van der Waals surface area (Å²) in [5.41, 5.74) is 4.89. The summed E-state index contributed by atoms with van der Waals surface area (Å²) in [6.07, 6.45) is 0. The van der Waals surface area contributed by atoms with Crippen LogP contribution in [0.1, 0.15) is 21.6 Å². The molecule has 30 heavy (non-hydrogen) atoms. The molecule has 0 aliphatic carbocycles. The van der Waals surface area contributed by atoms with E-state index in [2.05, 4.69) is 36.1 Å². The Morgan fingerprint density at radius 1 is 0.933 bits per heavy atom. The fourth-order valence-electron chi connectivity index (χ4n) is 3.79. The fraction of sp³-hybridized carbons (Fsp3) is 0.261. The Labute approximate surface area is 179 Å². The Morgan fingerprint density at radius 3 is 2.33 bits per heavy atom. The maximum Gasteiger partial charge on any atom is 0.253 e. The molecule has 0 bridgehead atoms. The smallest absolute Gasteiger partial charge is 0.253 e. The van der Waals surface area contributed by atoms with Gasteiger partial charge in [0.25, 0.3) is 5.91 Å². The molecule has 0 atom stereocenters. The number of rotatable bonds is 3. The van der Waals surface area contributed by atoms with Gasteiger partial charge in [0.15, 0.2) is 10.8 Å². The molecule has 2 aromatic heterocycles. The zero-order chi connectivity index (χ0) is 20.7. The minimum absolute atomic E-state index is 0.102. The normalized spacial score (nSPS) is 14.5. The van der Waals surface area contributed by atoms with Crippen molar-refractivity contribution in [3.8, 4) is 5.69 Å². The number of hydrogen-bond acceptors (Lipinski definition) is 5. The quantitative estimate of drug-likeness (QED) is 0.504. The van der Waals surface area contributed by atoms with Crippen LogP contribution in [0.15, 0.2) is 54.6 Å². The van der Waals surface area contributed by atoms with Gasteiger partial charge in [-0.15, -0.1) is 0 Å². The topological polar surface area (TPSA) is 54.3 Å². The van der Waals surface area contributed by atoms with Crippen LogP contribution in [-0.4, -0.2) is 51.8 Å². The van der Waals surface area contributed by atoms with Gasteiger partial charge in [-0.1, -0.05) is 47.2 Å². The monoisotopic (exact) mass is 417 g/mol. The Balaban J connectivity index is 1.36. The second-order valence-electron chi connectivity index (χ2n) is 7.63. The lowest BCUT2D eigenvalue weighted by Gasteiger charge is -2.34. The lowest BCUT2D eigenvalue weighted by Crippen LogP contribution is -2.48. The predicted molar refractivity (Wildman–Crippen MR) is 121 cm³/mol. The average Bonchev–Trinajstić information content (AvgIpc) is 3.35. The molecular formula is C23H23N5OS. The van der Waals surface area contributed by atoms with E-state index in [1.807, 2.05) is 46.8 Å². The minimum atomic E-state index is 0.102. The zero-order valence-electron chi connectivity index (χ0n) is 17.1. The van der Waals surface area contributed by atoms with E-state index >= 15 is 0 Å². The van der Waals surface area contributed by atoms with E-state index < -0.39 is 0 Å². The number of fused-ring (bicyclic) bond motifs is 1. The van der Waals surface area contributed by atoms with Crippen molar-refractivity contribution in [2.45, 2.75) is 13.8 Å². The van der Waals surface area contributed by atoms with Crippen molar-refractivity contribution in [1.82, 2.24) is 19.7 Å². The highest BCUT2D eigenvalue weighted by atomic mass is 32.1. The first-order chi connectivity index (χ1) is 14.6. The largest absolute Gasteiger partial charge is 0.344 e. The third-order valence-corrected chi connectivity index (χ3v) is 6.73. The summed E-state index contributed by atoms with van der Waals surface area (Å²) in [6.45, 7) is 7.08. The third kappa shape index (κ3) is 3.35. The number of benzene rings is 2. The number of hydrogen-bond donors (Lipinski definition) is 0. The van der Waals surface area contributed by atoms with Crippen molar-refractivity contribution < 1.29 is 4.79 Å². The molecule has 1 aliphatic rings. The first kappa shape index (κ1) is 18.8. The molecule has 0 spiro atoms. The Bertz CT molecular complexity index is 1190. The second kappa shape index (κ2) is 7.57. The SMILES string of the molecule is Cc1ccc(-n2nc(C)c3sc(N4CCN(C(=O)c5ccccc5)CC4)nc32)cc1. The number of carbonyl (C=O) groups excluding carboxylic acids is 1. The Kier molecular flexibility index (Phi) is 4.75. The van der Waals surface area contributed by atoms with Gasteiger partial charge in [0.05, 0.1) is 16.1 Å². The summed E-state index contributed by atoms with van der Waals surface area (Å²) in [4.78, 5) is 21.8. The predicted octanol–water partition coefficient (Wildman–Crippen LogP) is 4.06. The molecule has 0 N–H and O–H groups in total. The number of aromatic nitrogens is 3. The lowest BCUT2D eigenvalue weighted by molar-refractivity contribution is 0.0747. The van der Waals surface area contributed by atoms with Gasteiger partial charge in [0.2, 0.25) is 0 Å². The van der Waals surface area contributed by atoms with Gasteiger partial charge >= 0.3 is 0 Å². The summed E-state index contributed by atoms with van der Waals surface area (Å²) in [7, 11) is 0. The number of nitrogens with zero attached hydrogens (tertiary/aromatic N) is 5. The van der Waals surface area contributed by atoms with E-state index in [0.29, 0.717) is 13.1 Å². The molecule has 152 valence electrons. The molecule has 2 aromatic carbocycles. The molecule has 3 heterocycles. The van der Waals surface area contributed by atoms with E-state index in [4.69, 9.17) is 10.1 Å². The number of anilines is 1. The van der Waals surface area contributed by atoms with Gasteiger partial charge in [-0.2, -0.15) is 10.1 Å². The van der Waals surface area contributed by atoms with Crippen molar-refractivity contribution in [3.63, 3.8) is 0 Å². The summed E-state index contributed by atoms with van der Waals surface area (Å²) in [6, 6.07) is 17.8. The van der Waals surface area contributed by atoms with Crippen LogP contribution in [0.25, 0.3) is 16.0 Å². The third-order valence-electron chi connectivity index (χ3n) is 5.51. The van der Waals surface area contributed by atoms with Crippen LogP contribution in [0.3, 0.4) is 0 Å². The fourth-order valence-corrected chi connectivity index (χ4v) is 4.83. The van der Waals surface area contributed by atoms with Crippen LogP contribution >= 0.6 is 11.3 Å². The average molecular weight is 418 g/mol. The van der Waals surface area contributed by atoms with E-state index in [1.54, 1.807) is 11.3 Å². The van der Waals surface area contributed by atoms with E-state index in [9.17, 15) is 4.79 Å². The molecule has 1 fully saturated rings. The molecule has 0 unspecified atom stereocenters. The highest BCUT2D eigenvalue weighted by Crippen LogP contribution is 2.33. The van der Waals surface area contributed by atoms with Gasteiger partial charge in [-0.3, -0.25) is 4.79 Å². The van der Waals surface area contributed by atoms with Crippen molar-refractivity contribution >= 4 is 32.7 Å². The molecule has 4 aromatic rings. The number of piperazine rings is 1. The van der Waals surface area contributed by atoms with Crippen molar-refractivity contribution in [1.29, 1.82) is 0 Å². The van der Waals surface area contributed by atoms with Gasteiger partial charge in [-0.25, -0.2) is 4.68 Å². The van der Waals surface area contributed by atoms with Crippen molar-refractivity contribution in [2.24, 2.45) is 0 Å². The molecule has 7 heteroatoms. The Morgan fingerprint density at radius 2 is 1.63 bits per heavy atom. The molecule has 1 amide bonds. The zero-order valence-corrected chi connectivity index (χ0v) is 17.9. The first-order valence-electron chi connectivity index (χ1n) is 10.1. The van der Waals surface area contributed by atoms with Gasteiger partial charge in [0.1, 0.15) is 0 Å². The van der Waals surface area contributed by atoms with Gasteiger partial charge in [0, 0.05) is 31.7 Å². The molecule has 0 radical (unpaired) electrons. The minimum Gasteiger partial charge on any atom is -0.344 e. The standard InChI is InChI=1S/C23H23N5OS/c1-16-8-10-19(11-9-16)28-21-20(17(2)25-28)30-23(24-21)27-14-12-26(13-15-27)22(29)18-6-4-3-5-7-18/h3-11H,12-15H2,1-2H3. The van der Waals surface area contributed by atoms with Crippen LogP contribution in [0.5, 0.6) is 0 Å². The van der Waals surface area contributed by atoms with E-state index in [1.165, 1.54) is 5.56 Å². The summed E-state index contributed by atoms with van der Waals surface area (Å²) >= 11 is 1.68. The molecule has 5 rings (SSSR count). The summed E-state index contributed by atoms with van der Waals surface area (Å²) in [5.74, 6) is 0.102. The molecule has 1 saturated heterocycles. The highest BCUT2D eigenvalue weighted by molar-refractivity contribution is 7.22.